The van der Waals surface area contributed by atoms with Gasteiger partial charge in [0.15, 0.2) is 12.2 Å². The molecule has 0 amide bonds. The van der Waals surface area contributed by atoms with E-state index in [1.54, 1.807) is 0 Å². The van der Waals surface area contributed by atoms with Crippen molar-refractivity contribution in [2.24, 2.45) is 0 Å². The van der Waals surface area contributed by atoms with E-state index < -0.39 is 54.6 Å². The zero-order valence-corrected chi connectivity index (χ0v) is 23.1. The number of aromatic nitrogens is 2. The van der Waals surface area contributed by atoms with E-state index in [1.165, 1.54) is 6.92 Å². The van der Waals surface area contributed by atoms with E-state index in [4.69, 9.17) is 28.4 Å². The van der Waals surface area contributed by atoms with Crippen LogP contribution in [0.3, 0.4) is 0 Å². The minimum atomic E-state index is -1.37. The average molecular weight is 597 g/mol. The molecular formula is C25H29BrN2O10. The predicted molar refractivity (Wildman–Crippen MR) is 133 cm³/mol. The van der Waals surface area contributed by atoms with E-state index in [2.05, 4.69) is 26.1 Å². The molecule has 0 spiro atoms. The van der Waals surface area contributed by atoms with Crippen LogP contribution in [0.25, 0.3) is 0 Å². The van der Waals surface area contributed by atoms with Crippen molar-refractivity contribution >= 4 is 39.8 Å². The molecule has 1 aliphatic rings. The van der Waals surface area contributed by atoms with Gasteiger partial charge in [-0.25, -0.2) is 0 Å². The number of H-pyrrole nitrogens is 1. The van der Waals surface area contributed by atoms with Gasteiger partial charge < -0.3 is 28.4 Å². The maximum Gasteiger partial charge on any atom is 0.303 e. The molecule has 0 bridgehead atoms. The molecule has 38 heavy (non-hydrogen) atoms. The first kappa shape index (κ1) is 29.1. The lowest BCUT2D eigenvalue weighted by atomic mass is 9.98. The third kappa shape index (κ3) is 7.78. The maximum absolute atomic E-state index is 12.0. The lowest BCUT2D eigenvalue weighted by Crippen LogP contribution is -2.63. The van der Waals surface area contributed by atoms with Crippen molar-refractivity contribution in [1.29, 1.82) is 0 Å². The Morgan fingerprint density at radius 1 is 0.895 bits per heavy atom. The van der Waals surface area contributed by atoms with Crippen LogP contribution in [0.15, 0.2) is 28.7 Å². The SMILES string of the molecule is CC(=O)OC[C@H]1OC(Oc2n[nH]c(C)c2Cc2ccc(Br)cc2)[C@H](OC(C)=O)[C@@H](OC(C)=O)[C@@H]1OC(C)=O. The number of carbonyl (C=O) groups is 4. The minimum Gasteiger partial charge on any atom is -0.463 e. The van der Waals surface area contributed by atoms with Gasteiger partial charge in [-0.2, -0.15) is 0 Å². The fourth-order valence-corrected chi connectivity index (χ4v) is 4.20. The normalized spacial score (nSPS) is 22.7. The van der Waals surface area contributed by atoms with Crippen LogP contribution >= 0.6 is 15.9 Å². The molecule has 2 aromatic rings. The fraction of sp³-hybridized carbons (Fsp3) is 0.480. The number of benzene rings is 1. The van der Waals surface area contributed by atoms with E-state index in [0.29, 0.717) is 12.0 Å². The number of ether oxygens (including phenoxy) is 6. The molecular weight excluding hydrogens is 568 g/mol. The zero-order chi connectivity index (χ0) is 28.0. The van der Waals surface area contributed by atoms with Crippen LogP contribution in [0, 0.1) is 6.92 Å². The van der Waals surface area contributed by atoms with Gasteiger partial charge in [0.1, 0.15) is 12.7 Å². The number of hydrogen-bond donors (Lipinski definition) is 1. The predicted octanol–water partition coefficient (Wildman–Crippen LogP) is 2.53. The van der Waals surface area contributed by atoms with Gasteiger partial charge in [-0.3, -0.25) is 24.3 Å². The maximum atomic E-state index is 12.0. The topological polar surface area (TPSA) is 152 Å². The second kappa shape index (κ2) is 12.9. The molecule has 0 aliphatic carbocycles. The van der Waals surface area contributed by atoms with Crippen molar-refractivity contribution < 1.29 is 47.6 Å². The highest BCUT2D eigenvalue weighted by Gasteiger charge is 2.53. The molecule has 1 fully saturated rings. The van der Waals surface area contributed by atoms with Gasteiger partial charge in [0.2, 0.25) is 18.3 Å². The highest BCUT2D eigenvalue weighted by Crippen LogP contribution is 2.32. The summed E-state index contributed by atoms with van der Waals surface area (Å²) in [4.78, 5) is 47.4. The lowest BCUT2D eigenvalue weighted by molar-refractivity contribution is -0.289. The van der Waals surface area contributed by atoms with Crippen LogP contribution < -0.4 is 4.74 Å². The van der Waals surface area contributed by atoms with Crippen molar-refractivity contribution in [2.45, 2.75) is 71.7 Å². The highest BCUT2D eigenvalue weighted by atomic mass is 79.9. The van der Waals surface area contributed by atoms with Crippen LogP contribution in [-0.4, -0.2) is 71.4 Å². The van der Waals surface area contributed by atoms with Gasteiger partial charge in [0.05, 0.1) is 0 Å². The van der Waals surface area contributed by atoms with E-state index >= 15 is 0 Å². The second-order valence-corrected chi connectivity index (χ2v) is 9.54. The molecule has 2 heterocycles. The molecule has 1 unspecified atom stereocenters. The van der Waals surface area contributed by atoms with Crippen LogP contribution in [0.4, 0.5) is 0 Å². The number of aryl methyl sites for hydroxylation is 1. The number of rotatable bonds is 9. The molecule has 13 heteroatoms. The number of nitrogens with one attached hydrogen (secondary N) is 1. The summed E-state index contributed by atoms with van der Waals surface area (Å²) >= 11 is 3.41. The van der Waals surface area contributed by atoms with Gasteiger partial charge in [0, 0.05) is 49.8 Å². The summed E-state index contributed by atoms with van der Waals surface area (Å²) in [5.41, 5.74) is 2.41. The molecule has 0 saturated carbocycles. The van der Waals surface area contributed by atoms with E-state index in [1.807, 2.05) is 31.2 Å². The Kier molecular flexibility index (Phi) is 9.86. The van der Waals surface area contributed by atoms with Crippen LogP contribution in [0.5, 0.6) is 5.88 Å². The summed E-state index contributed by atoms with van der Waals surface area (Å²) in [6, 6.07) is 7.69. The Morgan fingerprint density at radius 3 is 2.05 bits per heavy atom. The van der Waals surface area contributed by atoms with Gasteiger partial charge in [-0.1, -0.05) is 28.1 Å². The monoisotopic (exact) mass is 596 g/mol. The highest BCUT2D eigenvalue weighted by molar-refractivity contribution is 9.10. The quantitative estimate of drug-likeness (QED) is 0.335. The Hall–Kier alpha value is -3.45. The van der Waals surface area contributed by atoms with E-state index in [9.17, 15) is 19.2 Å². The Balaban J connectivity index is 1.98. The summed E-state index contributed by atoms with van der Waals surface area (Å²) in [6.07, 6.45) is -6.01. The van der Waals surface area contributed by atoms with Crippen molar-refractivity contribution in [3.05, 3.63) is 45.6 Å². The number of aromatic amines is 1. The molecule has 0 radical (unpaired) electrons. The Labute approximate surface area is 227 Å². The standard InChI is InChI=1S/C25H29BrN2O10/c1-12-19(10-17-6-8-18(26)9-7-17)24(28-27-12)38-25-23(36-16(5)32)22(35-15(4)31)21(34-14(3)30)20(37-25)11-33-13(2)29/h6-9,20-23,25H,10-11H2,1-5H3,(H,27,28)/t20-,21-,22+,23-,25?/m1/s1. The first-order valence-electron chi connectivity index (χ1n) is 11.7. The number of hydrogen-bond acceptors (Lipinski definition) is 11. The molecule has 1 N–H and O–H groups in total. The van der Waals surface area contributed by atoms with Crippen LogP contribution in [-0.2, 0) is 49.3 Å². The minimum absolute atomic E-state index is 0.159. The fourth-order valence-electron chi connectivity index (χ4n) is 3.94. The number of halogens is 1. The van der Waals surface area contributed by atoms with Crippen molar-refractivity contribution in [3.8, 4) is 5.88 Å². The molecule has 206 valence electrons. The summed E-state index contributed by atoms with van der Waals surface area (Å²) < 4.78 is 34.4. The molecule has 1 saturated heterocycles. The summed E-state index contributed by atoms with van der Waals surface area (Å²) in [5.74, 6) is -2.63. The average Bonchev–Trinajstić information content (AvgIpc) is 3.16. The number of esters is 4. The van der Waals surface area contributed by atoms with Crippen molar-refractivity contribution in [1.82, 2.24) is 10.2 Å². The van der Waals surface area contributed by atoms with E-state index in [0.717, 1.165) is 36.5 Å². The van der Waals surface area contributed by atoms with Gasteiger partial charge in [-0.15, -0.1) is 5.10 Å². The van der Waals surface area contributed by atoms with E-state index in [-0.39, 0.29) is 12.5 Å². The molecule has 12 nitrogen and oxygen atoms in total. The smallest absolute Gasteiger partial charge is 0.303 e. The Bertz CT molecular complexity index is 1170. The van der Waals surface area contributed by atoms with Crippen LogP contribution in [0.2, 0.25) is 0 Å². The summed E-state index contributed by atoms with van der Waals surface area (Å²) in [5, 5.41) is 7.11. The van der Waals surface area contributed by atoms with Crippen molar-refractivity contribution in [3.63, 3.8) is 0 Å². The third-order valence-corrected chi connectivity index (χ3v) is 6.03. The summed E-state index contributed by atoms with van der Waals surface area (Å²) in [7, 11) is 0. The van der Waals surface area contributed by atoms with Gasteiger partial charge in [0.25, 0.3) is 0 Å². The van der Waals surface area contributed by atoms with Crippen molar-refractivity contribution in [2.75, 3.05) is 6.61 Å². The zero-order valence-electron chi connectivity index (χ0n) is 21.5. The van der Waals surface area contributed by atoms with Crippen LogP contribution in [0.1, 0.15) is 44.5 Å². The molecule has 1 aromatic heterocycles. The first-order chi connectivity index (χ1) is 17.9. The molecule has 5 atom stereocenters. The van der Waals surface area contributed by atoms with Gasteiger partial charge >= 0.3 is 23.9 Å². The lowest BCUT2D eigenvalue weighted by Gasteiger charge is -2.43. The molecule has 1 aromatic carbocycles. The second-order valence-electron chi connectivity index (χ2n) is 8.62. The molecule has 3 rings (SSSR count). The first-order valence-corrected chi connectivity index (χ1v) is 12.5. The molecule has 1 aliphatic heterocycles. The largest absolute Gasteiger partial charge is 0.463 e. The summed E-state index contributed by atoms with van der Waals surface area (Å²) in [6.45, 7) is 6.12. The number of nitrogens with zero attached hydrogens (tertiary/aromatic N) is 1. The number of carbonyl (C=O) groups excluding carboxylic acids is 4. The Morgan fingerprint density at radius 2 is 1.47 bits per heavy atom. The third-order valence-electron chi connectivity index (χ3n) is 5.51. The van der Waals surface area contributed by atoms with Gasteiger partial charge in [-0.05, 0) is 24.6 Å².